The molecule has 0 saturated carbocycles. The summed E-state index contributed by atoms with van der Waals surface area (Å²) in [6, 6.07) is 8.34. The lowest BCUT2D eigenvalue weighted by molar-refractivity contribution is -0.148. The van der Waals surface area contributed by atoms with E-state index in [-0.39, 0.29) is 23.3 Å². The number of hydrogen-bond acceptors (Lipinski definition) is 5. The van der Waals surface area contributed by atoms with Gasteiger partial charge in [-0.2, -0.15) is 0 Å². The first kappa shape index (κ1) is 29.7. The van der Waals surface area contributed by atoms with Crippen molar-refractivity contribution in [1.82, 2.24) is 14.7 Å². The van der Waals surface area contributed by atoms with Crippen LogP contribution in [0.25, 0.3) is 0 Å². The van der Waals surface area contributed by atoms with Crippen molar-refractivity contribution in [3.05, 3.63) is 69.2 Å². The molecule has 10 heteroatoms. The van der Waals surface area contributed by atoms with Gasteiger partial charge in [-0.3, -0.25) is 19.4 Å². The van der Waals surface area contributed by atoms with Crippen LogP contribution in [0.2, 0.25) is 10.0 Å². The predicted molar refractivity (Wildman–Crippen MR) is 148 cm³/mol. The van der Waals surface area contributed by atoms with Crippen molar-refractivity contribution in [1.29, 1.82) is 0 Å². The number of likely N-dealkylation sites (tertiary alicyclic amines) is 1. The van der Waals surface area contributed by atoms with E-state index in [0.29, 0.717) is 61.3 Å². The number of carbonyl (C=O) groups excluding carboxylic acids is 2. The normalized spacial score (nSPS) is 21.7. The van der Waals surface area contributed by atoms with Crippen LogP contribution in [0.5, 0.6) is 0 Å². The third-order valence-corrected chi connectivity index (χ3v) is 8.64. The van der Waals surface area contributed by atoms with Crippen molar-refractivity contribution >= 4 is 35.1 Å². The van der Waals surface area contributed by atoms with E-state index in [1.807, 2.05) is 11.0 Å². The Morgan fingerprint density at radius 1 is 1.00 bits per heavy atom. The maximum atomic E-state index is 14.8. The van der Waals surface area contributed by atoms with Gasteiger partial charge < -0.3 is 9.64 Å². The van der Waals surface area contributed by atoms with Crippen molar-refractivity contribution in [3.8, 4) is 0 Å². The fraction of sp³-hybridized carbons (Fsp3) is 0.517. The van der Waals surface area contributed by atoms with E-state index in [4.69, 9.17) is 27.9 Å². The number of ether oxygens (including phenoxy) is 1. The monoisotopic (exact) mass is 581 g/mol. The van der Waals surface area contributed by atoms with Crippen LogP contribution >= 0.6 is 23.2 Å². The SMILES string of the molecule is COC(=O)[C@H](Cc1ccc(Cl)c(Cl)c1)N1CCN(C(=O)[C@@H]2CN(C(C)(C)C)C[C@H]2c2ccc(F)cc2F)CC1. The molecule has 2 aromatic carbocycles. The summed E-state index contributed by atoms with van der Waals surface area (Å²) >= 11 is 12.2. The van der Waals surface area contributed by atoms with E-state index in [2.05, 4.69) is 25.7 Å². The second-order valence-electron chi connectivity index (χ2n) is 11.3. The molecule has 0 N–H and O–H groups in total. The van der Waals surface area contributed by atoms with Crippen LogP contribution in [-0.2, 0) is 20.7 Å². The highest BCUT2D eigenvalue weighted by molar-refractivity contribution is 6.42. The van der Waals surface area contributed by atoms with Gasteiger partial charge >= 0.3 is 5.97 Å². The molecular formula is C29H35Cl2F2N3O3. The molecule has 2 aliphatic heterocycles. The topological polar surface area (TPSA) is 53.1 Å². The Labute approximate surface area is 238 Å². The lowest BCUT2D eigenvalue weighted by Gasteiger charge is -2.39. The minimum atomic E-state index is -0.637. The summed E-state index contributed by atoms with van der Waals surface area (Å²) in [6.45, 7) is 9.03. The highest BCUT2D eigenvalue weighted by Crippen LogP contribution is 2.38. The molecule has 2 heterocycles. The maximum Gasteiger partial charge on any atom is 0.323 e. The minimum Gasteiger partial charge on any atom is -0.468 e. The average molecular weight is 583 g/mol. The van der Waals surface area contributed by atoms with Gasteiger partial charge in [-0.05, 0) is 56.5 Å². The van der Waals surface area contributed by atoms with E-state index < -0.39 is 23.6 Å². The molecule has 0 aliphatic carbocycles. The number of benzene rings is 2. The number of rotatable bonds is 6. The van der Waals surface area contributed by atoms with Crippen LogP contribution in [0.1, 0.15) is 37.8 Å². The van der Waals surface area contributed by atoms with Gasteiger partial charge in [0.05, 0.1) is 23.1 Å². The fourth-order valence-corrected chi connectivity index (χ4v) is 5.92. The van der Waals surface area contributed by atoms with Crippen LogP contribution in [0.4, 0.5) is 8.78 Å². The van der Waals surface area contributed by atoms with Crippen LogP contribution in [0, 0.1) is 17.6 Å². The zero-order valence-electron chi connectivity index (χ0n) is 22.7. The highest BCUT2D eigenvalue weighted by atomic mass is 35.5. The zero-order valence-corrected chi connectivity index (χ0v) is 24.2. The van der Waals surface area contributed by atoms with Gasteiger partial charge in [-0.25, -0.2) is 8.78 Å². The largest absolute Gasteiger partial charge is 0.468 e. The van der Waals surface area contributed by atoms with E-state index in [1.54, 1.807) is 17.0 Å². The Morgan fingerprint density at radius 2 is 1.69 bits per heavy atom. The van der Waals surface area contributed by atoms with Gasteiger partial charge in [0.25, 0.3) is 0 Å². The number of nitrogens with zero attached hydrogens (tertiary/aromatic N) is 3. The average Bonchev–Trinajstić information content (AvgIpc) is 3.34. The van der Waals surface area contributed by atoms with Crippen molar-refractivity contribution in [3.63, 3.8) is 0 Å². The molecule has 0 aromatic heterocycles. The molecular weight excluding hydrogens is 547 g/mol. The molecule has 6 nitrogen and oxygen atoms in total. The maximum absolute atomic E-state index is 14.8. The molecule has 1 amide bonds. The number of piperazine rings is 1. The zero-order chi connectivity index (χ0) is 28.5. The lowest BCUT2D eigenvalue weighted by Crippen LogP contribution is -2.56. The Bertz CT molecular complexity index is 1210. The predicted octanol–water partition coefficient (Wildman–Crippen LogP) is 5.01. The molecule has 2 saturated heterocycles. The number of esters is 1. The fourth-order valence-electron chi connectivity index (χ4n) is 5.60. The summed E-state index contributed by atoms with van der Waals surface area (Å²) in [6.07, 6.45) is 0.395. The van der Waals surface area contributed by atoms with E-state index in [0.717, 1.165) is 11.6 Å². The van der Waals surface area contributed by atoms with Crippen molar-refractivity contribution in [2.45, 2.75) is 44.7 Å². The van der Waals surface area contributed by atoms with E-state index in [9.17, 15) is 18.4 Å². The molecule has 2 aromatic rings. The molecule has 0 spiro atoms. The Kier molecular flexibility index (Phi) is 9.21. The molecule has 39 heavy (non-hydrogen) atoms. The highest BCUT2D eigenvalue weighted by Gasteiger charge is 2.45. The van der Waals surface area contributed by atoms with Crippen molar-refractivity contribution in [2.24, 2.45) is 5.92 Å². The van der Waals surface area contributed by atoms with Gasteiger partial charge in [-0.1, -0.05) is 35.3 Å². The Morgan fingerprint density at radius 3 is 2.28 bits per heavy atom. The lowest BCUT2D eigenvalue weighted by atomic mass is 9.87. The third-order valence-electron chi connectivity index (χ3n) is 7.90. The van der Waals surface area contributed by atoms with Crippen LogP contribution < -0.4 is 0 Å². The van der Waals surface area contributed by atoms with Crippen LogP contribution in [-0.4, -0.2) is 84.5 Å². The van der Waals surface area contributed by atoms with Crippen LogP contribution in [0.15, 0.2) is 36.4 Å². The first-order valence-corrected chi connectivity index (χ1v) is 13.9. The summed E-state index contributed by atoms with van der Waals surface area (Å²) in [4.78, 5) is 32.5. The summed E-state index contributed by atoms with van der Waals surface area (Å²) < 4.78 is 33.5. The molecule has 212 valence electrons. The smallest absolute Gasteiger partial charge is 0.323 e. The third kappa shape index (κ3) is 6.73. The molecule has 2 aliphatic rings. The first-order valence-electron chi connectivity index (χ1n) is 13.1. The number of halogens is 4. The van der Waals surface area contributed by atoms with Gasteiger partial charge in [0.2, 0.25) is 5.91 Å². The summed E-state index contributed by atoms with van der Waals surface area (Å²) in [5.41, 5.74) is 1.02. The molecule has 4 rings (SSSR count). The standard InChI is InChI=1S/C29H35Cl2F2N3O3/c1-29(2,3)36-16-21(20-7-6-19(32)15-25(20)33)22(17-36)27(37)35-11-9-34(10-12-35)26(28(38)39-4)14-18-5-8-23(30)24(31)13-18/h5-8,13,15,21-22,26H,9-12,14,16-17H2,1-4H3/t21-,22+,26-/m0/s1. The number of hydrogen-bond donors (Lipinski definition) is 0. The molecule has 0 unspecified atom stereocenters. The van der Waals surface area contributed by atoms with E-state index >= 15 is 0 Å². The second-order valence-corrected chi connectivity index (χ2v) is 12.1. The Balaban J connectivity index is 1.48. The summed E-state index contributed by atoms with van der Waals surface area (Å²) in [5.74, 6) is -2.50. The Hall–Kier alpha value is -2.26. The van der Waals surface area contributed by atoms with Crippen molar-refractivity contribution < 1.29 is 23.1 Å². The van der Waals surface area contributed by atoms with Crippen LogP contribution in [0.3, 0.4) is 0 Å². The molecule has 2 fully saturated rings. The molecule has 0 bridgehead atoms. The molecule has 3 atom stereocenters. The number of carbonyl (C=O) groups is 2. The second kappa shape index (κ2) is 12.1. The first-order chi connectivity index (χ1) is 18.4. The van der Waals surface area contributed by atoms with Gasteiger partial charge in [0.15, 0.2) is 0 Å². The van der Waals surface area contributed by atoms with Crippen molar-refractivity contribution in [2.75, 3.05) is 46.4 Å². The quantitative estimate of drug-likeness (QED) is 0.449. The van der Waals surface area contributed by atoms with E-state index in [1.165, 1.54) is 19.2 Å². The van der Waals surface area contributed by atoms with Gasteiger partial charge in [-0.15, -0.1) is 0 Å². The minimum absolute atomic E-state index is 0.0470. The summed E-state index contributed by atoms with van der Waals surface area (Å²) in [5, 5.41) is 0.860. The molecule has 0 radical (unpaired) electrons. The van der Waals surface area contributed by atoms with Gasteiger partial charge in [0.1, 0.15) is 17.7 Å². The summed E-state index contributed by atoms with van der Waals surface area (Å²) in [7, 11) is 1.36. The van der Waals surface area contributed by atoms with Gasteiger partial charge in [0, 0.05) is 56.8 Å². The number of methoxy groups -OCH3 is 1. The number of amides is 1.